The van der Waals surface area contributed by atoms with Crippen LogP contribution in [-0.2, 0) is 0 Å². The fraction of sp³-hybridized carbons (Fsp3) is 0.533. The SMILES string of the molecule is CC1CCCC(N(C)C(=O)c2cc(Cl)cc(Br)c2)C1. The van der Waals surface area contributed by atoms with E-state index in [0.29, 0.717) is 22.5 Å². The lowest BCUT2D eigenvalue weighted by molar-refractivity contribution is 0.0672. The number of halogens is 2. The van der Waals surface area contributed by atoms with Crippen LogP contribution in [-0.4, -0.2) is 23.9 Å². The summed E-state index contributed by atoms with van der Waals surface area (Å²) in [5.74, 6) is 0.766. The number of hydrogen-bond acceptors (Lipinski definition) is 1. The van der Waals surface area contributed by atoms with Gasteiger partial charge in [0, 0.05) is 28.1 Å². The first-order valence-electron chi connectivity index (χ1n) is 6.70. The molecule has 2 unspecified atom stereocenters. The first-order chi connectivity index (χ1) is 8.97. The standard InChI is InChI=1S/C15H19BrClNO/c1-10-4-3-5-14(6-10)18(2)15(19)11-7-12(16)9-13(17)8-11/h7-10,14H,3-6H2,1-2H3. The van der Waals surface area contributed by atoms with Crippen molar-refractivity contribution in [1.29, 1.82) is 0 Å². The molecule has 0 spiro atoms. The molecule has 1 aliphatic rings. The fourth-order valence-electron chi connectivity index (χ4n) is 2.80. The molecule has 0 saturated heterocycles. The summed E-state index contributed by atoms with van der Waals surface area (Å²) < 4.78 is 0.841. The van der Waals surface area contributed by atoms with Crippen molar-refractivity contribution in [2.24, 2.45) is 5.92 Å². The number of hydrogen-bond donors (Lipinski definition) is 0. The Morgan fingerprint density at radius 3 is 2.74 bits per heavy atom. The largest absolute Gasteiger partial charge is 0.339 e. The first-order valence-corrected chi connectivity index (χ1v) is 7.87. The van der Waals surface area contributed by atoms with Crippen molar-refractivity contribution in [3.05, 3.63) is 33.3 Å². The third-order valence-corrected chi connectivity index (χ3v) is 4.56. The fourth-order valence-corrected chi connectivity index (χ4v) is 3.66. The highest BCUT2D eigenvalue weighted by Crippen LogP contribution is 2.28. The molecule has 1 saturated carbocycles. The predicted molar refractivity (Wildman–Crippen MR) is 82.7 cm³/mol. The topological polar surface area (TPSA) is 20.3 Å². The maximum atomic E-state index is 12.5. The smallest absolute Gasteiger partial charge is 0.253 e. The van der Waals surface area contributed by atoms with Crippen LogP contribution in [0, 0.1) is 5.92 Å². The summed E-state index contributed by atoms with van der Waals surface area (Å²) >= 11 is 9.39. The summed E-state index contributed by atoms with van der Waals surface area (Å²) in [5, 5.41) is 0.586. The molecule has 1 amide bonds. The van der Waals surface area contributed by atoms with E-state index in [1.54, 1.807) is 12.1 Å². The average molecular weight is 345 g/mol. The second-order valence-electron chi connectivity index (χ2n) is 5.50. The van der Waals surface area contributed by atoms with E-state index in [1.807, 2.05) is 18.0 Å². The molecule has 0 bridgehead atoms. The minimum Gasteiger partial charge on any atom is -0.339 e. The Kier molecular flexibility index (Phi) is 4.91. The van der Waals surface area contributed by atoms with E-state index in [0.717, 1.165) is 17.3 Å². The molecule has 1 fully saturated rings. The van der Waals surface area contributed by atoms with Crippen molar-refractivity contribution >= 4 is 33.4 Å². The zero-order chi connectivity index (χ0) is 14.0. The van der Waals surface area contributed by atoms with Crippen LogP contribution in [0.1, 0.15) is 43.0 Å². The molecular weight excluding hydrogens is 326 g/mol. The second-order valence-corrected chi connectivity index (χ2v) is 6.85. The zero-order valence-electron chi connectivity index (χ0n) is 11.3. The maximum absolute atomic E-state index is 12.5. The number of nitrogens with zero attached hydrogens (tertiary/aromatic N) is 1. The molecule has 0 heterocycles. The van der Waals surface area contributed by atoms with Gasteiger partial charge in [0.05, 0.1) is 0 Å². The van der Waals surface area contributed by atoms with Crippen molar-refractivity contribution < 1.29 is 4.79 Å². The van der Waals surface area contributed by atoms with Crippen molar-refractivity contribution in [2.45, 2.75) is 38.6 Å². The van der Waals surface area contributed by atoms with Gasteiger partial charge < -0.3 is 4.90 Å². The van der Waals surface area contributed by atoms with Crippen LogP contribution in [0.2, 0.25) is 5.02 Å². The van der Waals surface area contributed by atoms with Gasteiger partial charge in [0.15, 0.2) is 0 Å². The zero-order valence-corrected chi connectivity index (χ0v) is 13.7. The van der Waals surface area contributed by atoms with E-state index in [-0.39, 0.29) is 5.91 Å². The Morgan fingerprint density at radius 2 is 2.11 bits per heavy atom. The van der Waals surface area contributed by atoms with E-state index in [9.17, 15) is 4.79 Å². The van der Waals surface area contributed by atoms with Crippen molar-refractivity contribution in [2.75, 3.05) is 7.05 Å². The third kappa shape index (κ3) is 3.73. The normalized spacial score (nSPS) is 23.2. The van der Waals surface area contributed by atoms with E-state index in [1.165, 1.54) is 12.8 Å². The van der Waals surface area contributed by atoms with Crippen LogP contribution in [0.5, 0.6) is 0 Å². The summed E-state index contributed by atoms with van der Waals surface area (Å²) in [4.78, 5) is 14.4. The monoisotopic (exact) mass is 343 g/mol. The van der Waals surface area contributed by atoms with E-state index in [2.05, 4.69) is 22.9 Å². The van der Waals surface area contributed by atoms with Crippen molar-refractivity contribution in [1.82, 2.24) is 4.90 Å². The molecule has 19 heavy (non-hydrogen) atoms. The van der Waals surface area contributed by atoms with Gasteiger partial charge in [-0.1, -0.05) is 47.3 Å². The molecule has 2 rings (SSSR count). The van der Waals surface area contributed by atoms with E-state index in [4.69, 9.17) is 11.6 Å². The molecule has 1 aromatic carbocycles. The van der Waals surface area contributed by atoms with Gasteiger partial charge >= 0.3 is 0 Å². The van der Waals surface area contributed by atoms with Gasteiger partial charge in [0.1, 0.15) is 0 Å². The average Bonchev–Trinajstić information content (AvgIpc) is 2.36. The number of benzene rings is 1. The third-order valence-electron chi connectivity index (χ3n) is 3.89. The predicted octanol–water partition coefficient (Wildman–Crippen LogP) is 4.75. The number of amides is 1. The van der Waals surface area contributed by atoms with Gasteiger partial charge in [-0.15, -0.1) is 0 Å². The summed E-state index contributed by atoms with van der Waals surface area (Å²) in [5.41, 5.74) is 0.653. The van der Waals surface area contributed by atoms with Crippen LogP contribution in [0.25, 0.3) is 0 Å². The Balaban J connectivity index is 2.13. The van der Waals surface area contributed by atoms with Crippen molar-refractivity contribution in [3.63, 3.8) is 0 Å². The minimum atomic E-state index is 0.0577. The van der Waals surface area contributed by atoms with Gasteiger partial charge in [-0.3, -0.25) is 4.79 Å². The van der Waals surface area contributed by atoms with Crippen LogP contribution in [0.15, 0.2) is 22.7 Å². The number of carbonyl (C=O) groups is 1. The molecular formula is C15H19BrClNO. The van der Waals surface area contributed by atoms with Crippen LogP contribution >= 0.6 is 27.5 Å². The minimum absolute atomic E-state index is 0.0577. The molecule has 0 N–H and O–H groups in total. The highest BCUT2D eigenvalue weighted by atomic mass is 79.9. The molecule has 2 nitrogen and oxygen atoms in total. The molecule has 0 radical (unpaired) electrons. The summed E-state index contributed by atoms with van der Waals surface area (Å²) in [6.45, 7) is 2.26. The maximum Gasteiger partial charge on any atom is 0.253 e. The molecule has 104 valence electrons. The molecule has 4 heteroatoms. The van der Waals surface area contributed by atoms with Crippen LogP contribution in [0.3, 0.4) is 0 Å². The second kappa shape index (κ2) is 6.27. The van der Waals surface area contributed by atoms with E-state index >= 15 is 0 Å². The summed E-state index contributed by atoms with van der Waals surface area (Å²) in [6.07, 6.45) is 4.70. The highest BCUT2D eigenvalue weighted by Gasteiger charge is 2.26. The molecule has 0 aliphatic heterocycles. The van der Waals surface area contributed by atoms with E-state index < -0.39 is 0 Å². The Hall–Kier alpha value is -0.540. The Morgan fingerprint density at radius 1 is 1.37 bits per heavy atom. The number of rotatable bonds is 2. The lowest BCUT2D eigenvalue weighted by Crippen LogP contribution is -2.39. The van der Waals surface area contributed by atoms with Gasteiger partial charge in [-0.25, -0.2) is 0 Å². The van der Waals surface area contributed by atoms with Gasteiger partial charge in [0.25, 0.3) is 5.91 Å². The van der Waals surface area contributed by atoms with Crippen LogP contribution in [0.4, 0.5) is 0 Å². The highest BCUT2D eigenvalue weighted by molar-refractivity contribution is 9.10. The summed E-state index contributed by atoms with van der Waals surface area (Å²) in [6, 6.07) is 5.71. The number of carbonyl (C=O) groups excluding carboxylic acids is 1. The van der Waals surface area contributed by atoms with Crippen molar-refractivity contribution in [3.8, 4) is 0 Å². The lowest BCUT2D eigenvalue weighted by atomic mass is 9.86. The quantitative estimate of drug-likeness (QED) is 0.758. The Bertz CT molecular complexity index is 457. The molecule has 0 aromatic heterocycles. The molecule has 1 aromatic rings. The van der Waals surface area contributed by atoms with Gasteiger partial charge in [-0.05, 0) is 37.0 Å². The Labute approximate surface area is 128 Å². The summed E-state index contributed by atoms with van der Waals surface area (Å²) in [7, 11) is 1.90. The molecule has 2 atom stereocenters. The molecule has 1 aliphatic carbocycles. The first kappa shape index (κ1) is 14.9. The van der Waals surface area contributed by atoms with Gasteiger partial charge in [-0.2, -0.15) is 0 Å². The van der Waals surface area contributed by atoms with Gasteiger partial charge in [0.2, 0.25) is 0 Å². The lowest BCUT2D eigenvalue weighted by Gasteiger charge is -2.34. The van der Waals surface area contributed by atoms with Crippen LogP contribution < -0.4 is 0 Å².